The Hall–Kier alpha value is -1.52. The molecule has 0 bridgehead atoms. The maximum atomic E-state index is 9.92. The van der Waals surface area contributed by atoms with Crippen LogP contribution < -0.4 is 4.74 Å². The normalized spacial score (nSPS) is 12.2. The zero-order valence-corrected chi connectivity index (χ0v) is 12.6. The van der Waals surface area contributed by atoms with E-state index in [9.17, 15) is 5.11 Å². The van der Waals surface area contributed by atoms with Crippen LogP contribution in [0.1, 0.15) is 11.1 Å². The van der Waals surface area contributed by atoms with Gasteiger partial charge in [0.05, 0.1) is 11.1 Å². The van der Waals surface area contributed by atoms with Gasteiger partial charge in [-0.05, 0) is 43.2 Å². The van der Waals surface area contributed by atoms with Crippen molar-refractivity contribution in [3.05, 3.63) is 53.7 Å². The molecule has 0 spiro atoms. The van der Waals surface area contributed by atoms with Gasteiger partial charge in [-0.2, -0.15) is 0 Å². The van der Waals surface area contributed by atoms with Crippen LogP contribution in [0.2, 0.25) is 0 Å². The summed E-state index contributed by atoms with van der Waals surface area (Å²) >= 11 is 1.53. The minimum atomic E-state index is -0.511. The van der Waals surface area contributed by atoms with Gasteiger partial charge in [-0.25, -0.2) is 4.98 Å². The molecule has 1 N–H and O–H groups in total. The van der Waals surface area contributed by atoms with E-state index in [1.54, 1.807) is 0 Å². The van der Waals surface area contributed by atoms with Crippen molar-refractivity contribution in [2.24, 2.45) is 0 Å². The van der Waals surface area contributed by atoms with Gasteiger partial charge < -0.3 is 9.84 Å². The van der Waals surface area contributed by atoms with Gasteiger partial charge >= 0.3 is 0 Å². The number of aliphatic hydroxyl groups excluding tert-OH is 1. The molecule has 2 aromatic rings. The predicted molar refractivity (Wildman–Crippen MR) is 82.4 cm³/mol. The van der Waals surface area contributed by atoms with Crippen molar-refractivity contribution in [3.8, 4) is 5.75 Å². The number of nitrogens with zero attached hydrogens (tertiary/aromatic N) is 1. The molecule has 2 rings (SSSR count). The summed E-state index contributed by atoms with van der Waals surface area (Å²) in [5.41, 5.74) is 2.29. The molecule has 1 aromatic carbocycles. The Morgan fingerprint density at radius 3 is 2.75 bits per heavy atom. The number of pyridine rings is 1. The minimum Gasteiger partial charge on any atom is -0.491 e. The van der Waals surface area contributed by atoms with Crippen molar-refractivity contribution >= 4 is 11.8 Å². The van der Waals surface area contributed by atoms with Gasteiger partial charge in [0.2, 0.25) is 0 Å². The summed E-state index contributed by atoms with van der Waals surface area (Å²) in [4.78, 5) is 4.29. The Balaban J connectivity index is 1.75. The summed E-state index contributed by atoms with van der Waals surface area (Å²) < 4.78 is 5.57. The standard InChI is InChI=1S/C16H19NO2S/c1-12-4-3-5-15(8-12)19-10-14(18)11-20-16-7-6-13(2)9-17-16/h3-9,14,18H,10-11H2,1-2H3. The SMILES string of the molecule is Cc1ccc(SCC(O)COc2cccc(C)c2)nc1. The Morgan fingerprint density at radius 1 is 1.20 bits per heavy atom. The second-order valence-corrected chi connectivity index (χ2v) is 5.81. The molecule has 0 radical (unpaired) electrons. The number of aryl methyl sites for hydroxylation is 2. The highest BCUT2D eigenvalue weighted by atomic mass is 32.2. The third kappa shape index (κ3) is 4.87. The lowest BCUT2D eigenvalue weighted by Gasteiger charge is -2.12. The van der Waals surface area contributed by atoms with Gasteiger partial charge in [-0.3, -0.25) is 0 Å². The Morgan fingerprint density at radius 2 is 2.05 bits per heavy atom. The van der Waals surface area contributed by atoms with Crippen molar-refractivity contribution < 1.29 is 9.84 Å². The number of thioether (sulfide) groups is 1. The number of hydrogen-bond donors (Lipinski definition) is 1. The van der Waals surface area contributed by atoms with Crippen molar-refractivity contribution in [1.29, 1.82) is 0 Å². The fourth-order valence-electron chi connectivity index (χ4n) is 1.67. The molecule has 0 aliphatic carbocycles. The van der Waals surface area contributed by atoms with Gasteiger partial charge in [0.25, 0.3) is 0 Å². The lowest BCUT2D eigenvalue weighted by Crippen LogP contribution is -2.20. The Bertz CT molecular complexity index is 542. The molecule has 0 fully saturated rings. The molecule has 3 nitrogen and oxygen atoms in total. The summed E-state index contributed by atoms with van der Waals surface area (Å²) in [6, 6.07) is 11.8. The first kappa shape index (κ1) is 14.9. The molecule has 0 amide bonds. The average molecular weight is 289 g/mol. The van der Waals surface area contributed by atoms with E-state index < -0.39 is 6.10 Å². The third-order valence-electron chi connectivity index (χ3n) is 2.74. The fourth-order valence-corrected chi connectivity index (χ4v) is 2.42. The van der Waals surface area contributed by atoms with E-state index in [2.05, 4.69) is 4.98 Å². The van der Waals surface area contributed by atoms with E-state index in [1.807, 2.05) is 56.4 Å². The molecule has 1 heterocycles. The molecular formula is C16H19NO2S. The van der Waals surface area contributed by atoms with Crippen molar-refractivity contribution in [2.75, 3.05) is 12.4 Å². The number of aliphatic hydroxyl groups is 1. The summed E-state index contributed by atoms with van der Waals surface area (Å²) in [5, 5.41) is 10.8. The Labute approximate surface area is 124 Å². The molecule has 0 saturated carbocycles. The van der Waals surface area contributed by atoms with Gasteiger partial charge in [0.1, 0.15) is 12.4 Å². The first-order chi connectivity index (χ1) is 9.63. The number of aromatic nitrogens is 1. The lowest BCUT2D eigenvalue weighted by molar-refractivity contribution is 0.126. The first-order valence-corrected chi connectivity index (χ1v) is 7.55. The van der Waals surface area contributed by atoms with Gasteiger partial charge in [0, 0.05) is 11.9 Å². The van der Waals surface area contributed by atoms with E-state index in [4.69, 9.17) is 4.74 Å². The molecule has 0 saturated heterocycles. The predicted octanol–water partition coefficient (Wildman–Crippen LogP) is 3.23. The number of ether oxygens (including phenoxy) is 1. The minimum absolute atomic E-state index is 0.294. The highest BCUT2D eigenvalue weighted by Crippen LogP contribution is 2.17. The molecule has 1 atom stereocenters. The summed E-state index contributed by atoms with van der Waals surface area (Å²) in [7, 11) is 0. The fraction of sp³-hybridized carbons (Fsp3) is 0.312. The quantitative estimate of drug-likeness (QED) is 0.829. The average Bonchev–Trinajstić information content (AvgIpc) is 2.45. The van der Waals surface area contributed by atoms with E-state index in [1.165, 1.54) is 11.8 Å². The monoisotopic (exact) mass is 289 g/mol. The number of benzene rings is 1. The van der Waals surface area contributed by atoms with E-state index in [0.29, 0.717) is 12.4 Å². The van der Waals surface area contributed by atoms with Crippen molar-refractivity contribution in [1.82, 2.24) is 4.98 Å². The van der Waals surface area contributed by atoms with Crippen LogP contribution in [0, 0.1) is 13.8 Å². The highest BCUT2D eigenvalue weighted by Gasteiger charge is 2.07. The zero-order valence-electron chi connectivity index (χ0n) is 11.7. The molecule has 0 aliphatic heterocycles. The van der Waals surface area contributed by atoms with Gasteiger partial charge in [-0.15, -0.1) is 11.8 Å². The smallest absolute Gasteiger partial charge is 0.119 e. The third-order valence-corrected chi connectivity index (χ3v) is 3.83. The van der Waals surface area contributed by atoms with Crippen molar-refractivity contribution in [2.45, 2.75) is 25.0 Å². The number of rotatable bonds is 6. The molecule has 106 valence electrons. The largest absolute Gasteiger partial charge is 0.491 e. The van der Waals surface area contributed by atoms with Crippen LogP contribution in [0.15, 0.2) is 47.6 Å². The number of hydrogen-bond acceptors (Lipinski definition) is 4. The maximum absolute atomic E-state index is 9.92. The maximum Gasteiger partial charge on any atom is 0.119 e. The van der Waals surface area contributed by atoms with Crippen LogP contribution in [0.25, 0.3) is 0 Å². The molecule has 4 heteroatoms. The van der Waals surface area contributed by atoms with E-state index >= 15 is 0 Å². The summed E-state index contributed by atoms with van der Waals surface area (Å²) in [6.45, 7) is 4.32. The second kappa shape index (κ2) is 7.31. The summed E-state index contributed by atoms with van der Waals surface area (Å²) in [5.74, 6) is 1.37. The van der Waals surface area contributed by atoms with Crippen molar-refractivity contribution in [3.63, 3.8) is 0 Å². The Kier molecular flexibility index (Phi) is 5.44. The molecule has 20 heavy (non-hydrogen) atoms. The summed E-state index contributed by atoms with van der Waals surface area (Å²) in [6.07, 6.45) is 1.32. The lowest BCUT2D eigenvalue weighted by atomic mass is 10.2. The van der Waals surface area contributed by atoms with Gasteiger partial charge in [0.15, 0.2) is 0 Å². The first-order valence-electron chi connectivity index (χ1n) is 6.56. The molecule has 1 unspecified atom stereocenters. The van der Waals surface area contributed by atoms with Crippen LogP contribution in [0.5, 0.6) is 5.75 Å². The highest BCUT2D eigenvalue weighted by molar-refractivity contribution is 7.99. The van der Waals surface area contributed by atoms with Crippen LogP contribution >= 0.6 is 11.8 Å². The van der Waals surface area contributed by atoms with Crippen LogP contribution in [0.3, 0.4) is 0 Å². The van der Waals surface area contributed by atoms with Crippen LogP contribution in [-0.4, -0.2) is 28.6 Å². The van der Waals surface area contributed by atoms with Gasteiger partial charge in [-0.1, -0.05) is 18.2 Å². The van der Waals surface area contributed by atoms with Crippen LogP contribution in [-0.2, 0) is 0 Å². The molecular weight excluding hydrogens is 270 g/mol. The van der Waals surface area contributed by atoms with E-state index in [-0.39, 0.29) is 0 Å². The zero-order chi connectivity index (χ0) is 14.4. The van der Waals surface area contributed by atoms with E-state index in [0.717, 1.165) is 21.9 Å². The topological polar surface area (TPSA) is 42.4 Å². The van der Waals surface area contributed by atoms with Crippen LogP contribution in [0.4, 0.5) is 0 Å². The second-order valence-electron chi connectivity index (χ2n) is 4.77. The molecule has 0 aliphatic rings. The molecule has 1 aromatic heterocycles.